The summed E-state index contributed by atoms with van der Waals surface area (Å²) < 4.78 is 10.1. The Morgan fingerprint density at radius 1 is 1.38 bits per heavy atom. The third-order valence-corrected chi connectivity index (χ3v) is 3.91. The van der Waals surface area contributed by atoms with Gasteiger partial charge < -0.3 is 20.5 Å². The van der Waals surface area contributed by atoms with Crippen molar-refractivity contribution in [3.05, 3.63) is 40.8 Å². The van der Waals surface area contributed by atoms with Crippen molar-refractivity contribution in [3.8, 4) is 5.75 Å². The van der Waals surface area contributed by atoms with Gasteiger partial charge in [0.05, 0.1) is 24.4 Å². The van der Waals surface area contributed by atoms with Gasteiger partial charge in [-0.1, -0.05) is 12.1 Å². The molecular weight excluding hydrogens is 288 g/mol. The molecule has 21 heavy (non-hydrogen) atoms. The predicted molar refractivity (Wildman–Crippen MR) is 85.0 cm³/mol. The van der Waals surface area contributed by atoms with Crippen molar-refractivity contribution >= 4 is 28.0 Å². The Morgan fingerprint density at radius 3 is 2.90 bits per heavy atom. The summed E-state index contributed by atoms with van der Waals surface area (Å²) in [5.41, 5.74) is 7.36. The lowest BCUT2D eigenvalue weighted by atomic mass is 10.2. The van der Waals surface area contributed by atoms with E-state index in [1.54, 1.807) is 20.1 Å². The number of anilines is 2. The molecule has 2 rings (SSSR count). The Hall–Kier alpha value is -2.21. The molecule has 0 amide bonds. The molecule has 1 heterocycles. The number of thiophene rings is 1. The van der Waals surface area contributed by atoms with Crippen molar-refractivity contribution in [3.63, 3.8) is 0 Å². The zero-order valence-corrected chi connectivity index (χ0v) is 12.8. The zero-order valence-electron chi connectivity index (χ0n) is 12.0. The molecule has 0 aliphatic rings. The summed E-state index contributed by atoms with van der Waals surface area (Å²) in [6, 6.07) is 9.53. The second kappa shape index (κ2) is 6.99. The number of carbonyl (C=O) groups is 1. The Labute approximate surface area is 127 Å². The number of methoxy groups -OCH3 is 1. The number of hydrogen-bond acceptors (Lipinski definition) is 6. The molecular formula is C15H18N2O3S. The maximum atomic E-state index is 11.7. The van der Waals surface area contributed by atoms with E-state index >= 15 is 0 Å². The van der Waals surface area contributed by atoms with Crippen molar-refractivity contribution in [1.82, 2.24) is 0 Å². The summed E-state index contributed by atoms with van der Waals surface area (Å²) in [5.74, 6) is 0.432. The van der Waals surface area contributed by atoms with Crippen LogP contribution < -0.4 is 15.8 Å². The normalized spacial score (nSPS) is 10.2. The Kier molecular flexibility index (Phi) is 5.05. The van der Waals surface area contributed by atoms with Crippen molar-refractivity contribution in [1.29, 1.82) is 0 Å². The van der Waals surface area contributed by atoms with Gasteiger partial charge in [0.2, 0.25) is 0 Å². The number of hydrogen-bond donors (Lipinski definition) is 2. The Balaban J connectivity index is 2.03. The summed E-state index contributed by atoms with van der Waals surface area (Å²) in [4.78, 5) is 12.1. The molecule has 2 aromatic rings. The molecule has 0 bridgehead atoms. The highest BCUT2D eigenvalue weighted by molar-refractivity contribution is 7.18. The molecule has 3 N–H and O–H groups in total. The van der Waals surface area contributed by atoms with Crippen LogP contribution in [0.1, 0.15) is 22.2 Å². The number of benzene rings is 1. The maximum absolute atomic E-state index is 11.7. The first-order chi connectivity index (χ1) is 10.1. The molecule has 5 nitrogen and oxygen atoms in total. The molecule has 0 saturated carbocycles. The second-order valence-corrected chi connectivity index (χ2v) is 5.37. The van der Waals surface area contributed by atoms with E-state index in [9.17, 15) is 4.79 Å². The standard InChI is InChI=1S/C15H18N2O3S/c1-3-20-15(18)14-12(16)8-13(21-14)17-9-10-5-4-6-11(7-10)19-2/h4-8,17H,3,9,16H2,1-2H3. The topological polar surface area (TPSA) is 73.6 Å². The highest BCUT2D eigenvalue weighted by Gasteiger charge is 2.15. The van der Waals surface area contributed by atoms with Gasteiger partial charge in [0.25, 0.3) is 0 Å². The van der Waals surface area contributed by atoms with Gasteiger partial charge in [0.1, 0.15) is 10.6 Å². The van der Waals surface area contributed by atoms with E-state index in [0.29, 0.717) is 23.7 Å². The minimum atomic E-state index is -0.380. The van der Waals surface area contributed by atoms with Gasteiger partial charge in [-0.3, -0.25) is 0 Å². The summed E-state index contributed by atoms with van der Waals surface area (Å²) >= 11 is 1.29. The minimum Gasteiger partial charge on any atom is -0.497 e. The first kappa shape index (κ1) is 15.2. The van der Waals surface area contributed by atoms with Crippen LogP contribution in [0.4, 0.5) is 10.7 Å². The lowest BCUT2D eigenvalue weighted by molar-refractivity contribution is 0.0533. The monoisotopic (exact) mass is 306 g/mol. The van der Waals surface area contributed by atoms with Crippen LogP contribution in [0.15, 0.2) is 30.3 Å². The van der Waals surface area contributed by atoms with Gasteiger partial charge in [-0.2, -0.15) is 0 Å². The lowest BCUT2D eigenvalue weighted by Gasteiger charge is -2.05. The molecule has 0 unspecified atom stereocenters. The van der Waals surface area contributed by atoms with Gasteiger partial charge in [0.15, 0.2) is 0 Å². The fourth-order valence-electron chi connectivity index (χ4n) is 1.82. The summed E-state index contributed by atoms with van der Waals surface area (Å²) in [5, 5.41) is 4.08. The minimum absolute atomic E-state index is 0.336. The quantitative estimate of drug-likeness (QED) is 0.802. The average molecular weight is 306 g/mol. The molecule has 1 aromatic carbocycles. The summed E-state index contributed by atoms with van der Waals surface area (Å²) in [6.45, 7) is 2.73. The average Bonchev–Trinajstić information content (AvgIpc) is 2.87. The van der Waals surface area contributed by atoms with Crippen molar-refractivity contribution < 1.29 is 14.3 Å². The van der Waals surface area contributed by atoms with Crippen LogP contribution in [-0.4, -0.2) is 19.7 Å². The Bertz CT molecular complexity index is 625. The number of nitrogens with one attached hydrogen (secondary N) is 1. The fourth-order valence-corrected chi connectivity index (χ4v) is 2.69. The summed E-state index contributed by atoms with van der Waals surface area (Å²) in [7, 11) is 1.64. The number of ether oxygens (including phenoxy) is 2. The molecule has 0 saturated heterocycles. The first-order valence-electron chi connectivity index (χ1n) is 6.57. The molecule has 6 heteroatoms. The number of nitrogens with two attached hydrogens (primary N) is 1. The SMILES string of the molecule is CCOC(=O)c1sc(NCc2cccc(OC)c2)cc1N. The van der Waals surface area contributed by atoms with Crippen molar-refractivity contribution in [2.24, 2.45) is 0 Å². The molecule has 0 radical (unpaired) electrons. The van der Waals surface area contributed by atoms with Crippen LogP contribution in [0.3, 0.4) is 0 Å². The van der Waals surface area contributed by atoms with Gasteiger partial charge in [-0.05, 0) is 30.7 Å². The van der Waals surface area contributed by atoms with Crippen molar-refractivity contribution in [2.45, 2.75) is 13.5 Å². The van der Waals surface area contributed by atoms with Crippen LogP contribution in [0.2, 0.25) is 0 Å². The van der Waals surface area contributed by atoms with Gasteiger partial charge in [0, 0.05) is 6.54 Å². The third kappa shape index (κ3) is 3.88. The number of esters is 1. The highest BCUT2D eigenvalue weighted by Crippen LogP contribution is 2.30. The smallest absolute Gasteiger partial charge is 0.350 e. The molecule has 0 atom stereocenters. The number of nitrogen functional groups attached to an aromatic ring is 1. The number of rotatable bonds is 6. The van der Waals surface area contributed by atoms with Crippen LogP contribution in [0.25, 0.3) is 0 Å². The lowest BCUT2D eigenvalue weighted by Crippen LogP contribution is -2.04. The van der Waals surface area contributed by atoms with Crippen LogP contribution in [0.5, 0.6) is 5.75 Å². The van der Waals surface area contributed by atoms with E-state index in [0.717, 1.165) is 16.3 Å². The van der Waals surface area contributed by atoms with Crippen LogP contribution >= 0.6 is 11.3 Å². The molecule has 0 aliphatic heterocycles. The summed E-state index contributed by atoms with van der Waals surface area (Å²) in [6.07, 6.45) is 0. The Morgan fingerprint density at radius 2 is 2.19 bits per heavy atom. The van der Waals surface area contributed by atoms with E-state index < -0.39 is 0 Å². The van der Waals surface area contributed by atoms with E-state index in [1.165, 1.54) is 11.3 Å². The number of carbonyl (C=O) groups excluding carboxylic acids is 1. The highest BCUT2D eigenvalue weighted by atomic mass is 32.1. The molecule has 0 spiro atoms. The van der Waals surface area contributed by atoms with Gasteiger partial charge in [-0.25, -0.2) is 4.79 Å². The van der Waals surface area contributed by atoms with Crippen molar-refractivity contribution in [2.75, 3.05) is 24.8 Å². The van der Waals surface area contributed by atoms with E-state index in [-0.39, 0.29) is 5.97 Å². The zero-order chi connectivity index (χ0) is 15.2. The second-order valence-electron chi connectivity index (χ2n) is 4.32. The predicted octanol–water partition coefficient (Wildman–Crippen LogP) is 3.13. The van der Waals surface area contributed by atoms with Gasteiger partial charge >= 0.3 is 5.97 Å². The maximum Gasteiger partial charge on any atom is 0.350 e. The molecule has 1 aromatic heterocycles. The molecule has 0 fully saturated rings. The van der Waals surface area contributed by atoms with E-state index in [4.69, 9.17) is 15.2 Å². The van der Waals surface area contributed by atoms with E-state index in [2.05, 4.69) is 5.32 Å². The van der Waals surface area contributed by atoms with Gasteiger partial charge in [-0.15, -0.1) is 11.3 Å². The molecule has 0 aliphatic carbocycles. The molecule has 112 valence electrons. The van der Waals surface area contributed by atoms with Crippen LogP contribution in [0, 0.1) is 0 Å². The first-order valence-corrected chi connectivity index (χ1v) is 7.39. The third-order valence-electron chi connectivity index (χ3n) is 2.82. The fraction of sp³-hybridized carbons (Fsp3) is 0.267. The largest absolute Gasteiger partial charge is 0.497 e. The van der Waals surface area contributed by atoms with E-state index in [1.807, 2.05) is 24.3 Å². The van der Waals surface area contributed by atoms with Crippen LogP contribution in [-0.2, 0) is 11.3 Å².